The maximum absolute atomic E-state index is 8.83. The second-order valence-electron chi connectivity index (χ2n) is 4.96. The molecule has 20 heavy (non-hydrogen) atoms. The SMILES string of the molecule is C=C(C#N)c1ccc(N2CCN(CCOC)CC2)cc1. The van der Waals surface area contributed by atoms with Gasteiger partial charge in [-0.15, -0.1) is 0 Å². The Kier molecular flexibility index (Phi) is 5.16. The van der Waals surface area contributed by atoms with Gasteiger partial charge in [0.25, 0.3) is 0 Å². The highest BCUT2D eigenvalue weighted by Gasteiger charge is 2.16. The van der Waals surface area contributed by atoms with Crippen molar-refractivity contribution in [3.05, 3.63) is 36.4 Å². The molecule has 1 saturated heterocycles. The molecule has 0 spiro atoms. The number of nitriles is 1. The molecule has 2 rings (SSSR count). The Morgan fingerprint density at radius 1 is 1.25 bits per heavy atom. The summed E-state index contributed by atoms with van der Waals surface area (Å²) in [6.45, 7) is 9.72. The number of allylic oxidation sites excluding steroid dienone is 1. The summed E-state index contributed by atoms with van der Waals surface area (Å²) in [6, 6.07) is 10.2. The lowest BCUT2D eigenvalue weighted by Gasteiger charge is -2.36. The minimum Gasteiger partial charge on any atom is -0.383 e. The van der Waals surface area contributed by atoms with Crippen LogP contribution in [0, 0.1) is 11.3 Å². The first-order valence-corrected chi connectivity index (χ1v) is 6.90. The summed E-state index contributed by atoms with van der Waals surface area (Å²) in [7, 11) is 1.74. The zero-order chi connectivity index (χ0) is 14.4. The Morgan fingerprint density at radius 3 is 2.45 bits per heavy atom. The van der Waals surface area contributed by atoms with Gasteiger partial charge in [0, 0.05) is 45.5 Å². The lowest BCUT2D eigenvalue weighted by atomic mass is 10.1. The lowest BCUT2D eigenvalue weighted by molar-refractivity contribution is 0.144. The number of nitrogens with zero attached hydrogens (tertiary/aromatic N) is 3. The van der Waals surface area contributed by atoms with Crippen LogP contribution in [-0.4, -0.2) is 51.3 Å². The van der Waals surface area contributed by atoms with E-state index in [-0.39, 0.29) is 0 Å². The second-order valence-corrected chi connectivity index (χ2v) is 4.96. The average molecular weight is 271 g/mol. The molecule has 0 unspecified atom stereocenters. The van der Waals surface area contributed by atoms with Crippen molar-refractivity contribution in [2.24, 2.45) is 0 Å². The predicted octanol–water partition coefficient (Wildman–Crippen LogP) is 1.99. The average Bonchev–Trinajstić information content (AvgIpc) is 2.53. The van der Waals surface area contributed by atoms with Gasteiger partial charge in [-0.05, 0) is 17.7 Å². The zero-order valence-electron chi connectivity index (χ0n) is 12.0. The Balaban J connectivity index is 1.91. The first-order chi connectivity index (χ1) is 9.74. The molecule has 1 aromatic rings. The van der Waals surface area contributed by atoms with Gasteiger partial charge in [-0.2, -0.15) is 5.26 Å². The highest BCUT2D eigenvalue weighted by molar-refractivity contribution is 5.75. The van der Waals surface area contributed by atoms with Gasteiger partial charge in [0.1, 0.15) is 0 Å². The summed E-state index contributed by atoms with van der Waals surface area (Å²) in [6.07, 6.45) is 0. The van der Waals surface area contributed by atoms with E-state index < -0.39 is 0 Å². The van der Waals surface area contributed by atoms with Crippen LogP contribution in [0.4, 0.5) is 5.69 Å². The van der Waals surface area contributed by atoms with E-state index in [1.54, 1.807) is 7.11 Å². The van der Waals surface area contributed by atoms with Crippen LogP contribution in [0.15, 0.2) is 30.8 Å². The van der Waals surface area contributed by atoms with Crippen molar-refractivity contribution < 1.29 is 4.74 Å². The first kappa shape index (κ1) is 14.6. The summed E-state index contributed by atoms with van der Waals surface area (Å²) < 4.78 is 5.11. The van der Waals surface area contributed by atoms with Gasteiger partial charge in [-0.3, -0.25) is 4.90 Å². The molecule has 0 bridgehead atoms. The zero-order valence-corrected chi connectivity index (χ0v) is 12.0. The number of anilines is 1. The Bertz CT molecular complexity index is 481. The smallest absolute Gasteiger partial charge is 0.0991 e. The first-order valence-electron chi connectivity index (χ1n) is 6.90. The van der Waals surface area contributed by atoms with Crippen molar-refractivity contribution in [2.75, 3.05) is 51.3 Å². The quantitative estimate of drug-likeness (QED) is 0.768. The van der Waals surface area contributed by atoms with Crippen molar-refractivity contribution in [1.29, 1.82) is 5.26 Å². The molecular weight excluding hydrogens is 250 g/mol. The Morgan fingerprint density at radius 2 is 1.90 bits per heavy atom. The van der Waals surface area contributed by atoms with E-state index in [0.29, 0.717) is 5.57 Å². The number of methoxy groups -OCH3 is 1. The fourth-order valence-corrected chi connectivity index (χ4v) is 2.39. The molecule has 0 N–H and O–H groups in total. The van der Waals surface area contributed by atoms with Gasteiger partial charge in [0.2, 0.25) is 0 Å². The van der Waals surface area contributed by atoms with Crippen LogP contribution in [-0.2, 0) is 4.74 Å². The van der Waals surface area contributed by atoms with Crippen LogP contribution in [0.25, 0.3) is 5.57 Å². The largest absolute Gasteiger partial charge is 0.383 e. The van der Waals surface area contributed by atoms with Crippen molar-refractivity contribution >= 4 is 11.3 Å². The third-order valence-corrected chi connectivity index (χ3v) is 3.70. The monoisotopic (exact) mass is 271 g/mol. The minimum atomic E-state index is 0.515. The number of hydrogen-bond acceptors (Lipinski definition) is 4. The molecule has 0 aromatic heterocycles. The van der Waals surface area contributed by atoms with Gasteiger partial charge in [-0.25, -0.2) is 0 Å². The molecule has 0 amide bonds. The summed E-state index contributed by atoms with van der Waals surface area (Å²) in [4.78, 5) is 4.80. The molecule has 0 radical (unpaired) electrons. The van der Waals surface area contributed by atoms with E-state index >= 15 is 0 Å². The van der Waals surface area contributed by atoms with Gasteiger partial charge < -0.3 is 9.64 Å². The molecule has 1 aliphatic rings. The van der Waals surface area contributed by atoms with Crippen LogP contribution in [0.2, 0.25) is 0 Å². The normalized spacial score (nSPS) is 15.9. The fourth-order valence-electron chi connectivity index (χ4n) is 2.39. The summed E-state index contributed by atoms with van der Waals surface area (Å²) in [5.41, 5.74) is 2.63. The van der Waals surface area contributed by atoms with E-state index in [4.69, 9.17) is 10.00 Å². The predicted molar refractivity (Wildman–Crippen MR) is 81.6 cm³/mol. The van der Waals surface area contributed by atoms with E-state index in [2.05, 4.69) is 34.6 Å². The topological polar surface area (TPSA) is 39.5 Å². The number of hydrogen-bond donors (Lipinski definition) is 0. The third kappa shape index (κ3) is 3.60. The number of piperazine rings is 1. The van der Waals surface area contributed by atoms with Crippen LogP contribution < -0.4 is 4.90 Å². The second kappa shape index (κ2) is 7.09. The highest BCUT2D eigenvalue weighted by Crippen LogP contribution is 2.20. The molecule has 4 nitrogen and oxygen atoms in total. The fraction of sp³-hybridized carbons (Fsp3) is 0.438. The highest BCUT2D eigenvalue weighted by atomic mass is 16.5. The van der Waals surface area contributed by atoms with E-state index in [1.165, 1.54) is 5.69 Å². The Labute approximate surface area is 120 Å². The molecule has 1 heterocycles. The maximum atomic E-state index is 8.83. The number of ether oxygens (including phenoxy) is 1. The van der Waals surface area contributed by atoms with Crippen molar-refractivity contribution in [1.82, 2.24) is 4.90 Å². The summed E-state index contributed by atoms with van der Waals surface area (Å²) in [5.74, 6) is 0. The van der Waals surface area contributed by atoms with Crippen LogP contribution >= 0.6 is 0 Å². The molecule has 1 aromatic carbocycles. The summed E-state index contributed by atoms with van der Waals surface area (Å²) >= 11 is 0. The van der Waals surface area contributed by atoms with Gasteiger partial charge in [-0.1, -0.05) is 18.7 Å². The van der Waals surface area contributed by atoms with Crippen molar-refractivity contribution in [3.8, 4) is 6.07 Å². The molecule has 1 aliphatic heterocycles. The summed E-state index contributed by atoms with van der Waals surface area (Å²) in [5, 5.41) is 8.83. The van der Waals surface area contributed by atoms with Crippen LogP contribution in [0.5, 0.6) is 0 Å². The minimum absolute atomic E-state index is 0.515. The standard InChI is InChI=1S/C16H21N3O/c1-14(13-17)15-3-5-16(6-4-15)19-9-7-18(8-10-19)11-12-20-2/h3-6H,1,7-12H2,2H3. The molecule has 0 aliphatic carbocycles. The molecule has 0 saturated carbocycles. The Hall–Kier alpha value is -1.83. The molecule has 0 atom stereocenters. The van der Waals surface area contributed by atoms with Gasteiger partial charge >= 0.3 is 0 Å². The van der Waals surface area contributed by atoms with Crippen molar-refractivity contribution in [2.45, 2.75) is 0 Å². The van der Waals surface area contributed by atoms with E-state index in [0.717, 1.165) is 44.9 Å². The lowest BCUT2D eigenvalue weighted by Crippen LogP contribution is -2.47. The molecule has 106 valence electrons. The van der Waals surface area contributed by atoms with Crippen LogP contribution in [0.1, 0.15) is 5.56 Å². The van der Waals surface area contributed by atoms with Gasteiger partial charge in [0.15, 0.2) is 0 Å². The van der Waals surface area contributed by atoms with E-state index in [1.807, 2.05) is 12.1 Å². The van der Waals surface area contributed by atoms with Gasteiger partial charge in [0.05, 0.1) is 18.2 Å². The number of rotatable bonds is 5. The van der Waals surface area contributed by atoms with Crippen LogP contribution in [0.3, 0.4) is 0 Å². The molecule has 1 fully saturated rings. The molecule has 4 heteroatoms. The molecular formula is C16H21N3O. The van der Waals surface area contributed by atoms with E-state index in [9.17, 15) is 0 Å². The maximum Gasteiger partial charge on any atom is 0.0991 e. The third-order valence-electron chi connectivity index (χ3n) is 3.70. The van der Waals surface area contributed by atoms with Crippen molar-refractivity contribution in [3.63, 3.8) is 0 Å². The number of benzene rings is 1.